The Morgan fingerprint density at radius 1 is 0.826 bits per heavy atom. The van der Waals surface area contributed by atoms with Gasteiger partial charge in [0.25, 0.3) is 0 Å². The number of esters is 3. The molecule has 8 heteroatoms. The van der Waals surface area contributed by atoms with E-state index in [1.54, 1.807) is 0 Å². The van der Waals surface area contributed by atoms with Crippen LogP contribution in [-0.4, -0.2) is 53.2 Å². The van der Waals surface area contributed by atoms with Gasteiger partial charge in [0, 0.05) is 12.2 Å². The summed E-state index contributed by atoms with van der Waals surface area (Å²) in [6.07, 6.45) is -0.861. The molecule has 1 unspecified atom stereocenters. The minimum absolute atomic E-state index is 0.643. The van der Waals surface area contributed by atoms with Gasteiger partial charge < -0.3 is 19.3 Å². The van der Waals surface area contributed by atoms with Crippen molar-refractivity contribution in [1.82, 2.24) is 0 Å². The molecular formula is C15H18O8. The number of aliphatic hydroxyl groups is 1. The van der Waals surface area contributed by atoms with E-state index >= 15 is 0 Å². The van der Waals surface area contributed by atoms with E-state index < -0.39 is 48.1 Å². The Morgan fingerprint density at radius 3 is 2.09 bits per heavy atom. The second-order valence-corrected chi connectivity index (χ2v) is 4.89. The summed E-state index contributed by atoms with van der Waals surface area (Å²) in [6.45, 7) is 4.00. The van der Waals surface area contributed by atoms with Crippen LogP contribution in [0.1, 0.15) is 20.8 Å². The Hall–Kier alpha value is -2.48. The van der Waals surface area contributed by atoms with Gasteiger partial charge in [0.2, 0.25) is 0 Å². The first-order valence-electron chi connectivity index (χ1n) is 6.90. The molecular weight excluding hydrogens is 308 g/mol. The molecule has 0 bridgehead atoms. The predicted octanol–water partition coefficient (Wildman–Crippen LogP) is -0.163. The van der Waals surface area contributed by atoms with Gasteiger partial charge in [-0.15, -0.1) is 0 Å². The third kappa shape index (κ3) is 6.03. The van der Waals surface area contributed by atoms with Gasteiger partial charge in [-0.2, -0.15) is 0 Å². The van der Waals surface area contributed by atoms with Crippen molar-refractivity contribution in [2.45, 2.75) is 45.2 Å². The molecule has 0 aromatic carbocycles. The highest BCUT2D eigenvalue weighted by molar-refractivity contribution is 5.99. The maximum absolute atomic E-state index is 11.7. The summed E-state index contributed by atoms with van der Waals surface area (Å²) in [5, 5.41) is 9.74. The van der Waals surface area contributed by atoms with Crippen molar-refractivity contribution in [3.63, 3.8) is 0 Å². The number of hydrogen-bond donors (Lipinski definition) is 1. The van der Waals surface area contributed by atoms with Crippen molar-refractivity contribution in [2.75, 3.05) is 0 Å². The number of ether oxygens (including phenoxy) is 3. The van der Waals surface area contributed by atoms with E-state index in [1.807, 2.05) is 0 Å². The summed E-state index contributed by atoms with van der Waals surface area (Å²) >= 11 is 0. The lowest BCUT2D eigenvalue weighted by Crippen LogP contribution is -2.31. The van der Waals surface area contributed by atoms with Crippen LogP contribution in [0.25, 0.3) is 0 Å². The largest absolute Gasteiger partial charge is 0.456 e. The molecule has 1 aliphatic rings. The fraction of sp³-hybridized carbons (Fsp3) is 0.467. The second-order valence-electron chi connectivity index (χ2n) is 4.89. The van der Waals surface area contributed by atoms with Crippen LogP contribution in [0.3, 0.4) is 0 Å². The average Bonchev–Trinajstić information content (AvgIpc) is 2.48. The molecule has 0 saturated heterocycles. The van der Waals surface area contributed by atoms with Crippen molar-refractivity contribution in [3.8, 4) is 0 Å². The van der Waals surface area contributed by atoms with E-state index in [0.29, 0.717) is 0 Å². The minimum Gasteiger partial charge on any atom is -0.456 e. The SMILES string of the molecule is CC1OC(=O)/C=C/C(=O)[C@H](C)OC(=O)[C@H](C)OC(=O)/C=C/[C@H]1O. The van der Waals surface area contributed by atoms with Crippen LogP contribution >= 0.6 is 0 Å². The highest BCUT2D eigenvalue weighted by Crippen LogP contribution is 2.06. The fourth-order valence-corrected chi connectivity index (χ4v) is 1.50. The summed E-state index contributed by atoms with van der Waals surface area (Å²) in [5.74, 6) is -3.30. The Balaban J connectivity index is 2.99. The molecule has 0 aromatic rings. The zero-order chi connectivity index (χ0) is 17.6. The van der Waals surface area contributed by atoms with Gasteiger partial charge in [0.15, 0.2) is 18.0 Å². The second kappa shape index (κ2) is 8.23. The molecule has 4 atom stereocenters. The van der Waals surface area contributed by atoms with Crippen LogP contribution in [-0.2, 0) is 33.4 Å². The van der Waals surface area contributed by atoms with Crippen LogP contribution in [0.4, 0.5) is 0 Å². The lowest BCUT2D eigenvalue weighted by Gasteiger charge is -2.15. The van der Waals surface area contributed by atoms with E-state index in [1.165, 1.54) is 20.8 Å². The highest BCUT2D eigenvalue weighted by Gasteiger charge is 2.24. The normalized spacial score (nSPS) is 33.6. The lowest BCUT2D eigenvalue weighted by atomic mass is 10.2. The summed E-state index contributed by atoms with van der Waals surface area (Å²) < 4.78 is 14.5. The number of cyclic esters (lactones) is 3. The third-order valence-electron chi connectivity index (χ3n) is 2.91. The van der Waals surface area contributed by atoms with Gasteiger partial charge in [-0.1, -0.05) is 0 Å². The van der Waals surface area contributed by atoms with Crippen LogP contribution in [0, 0.1) is 0 Å². The van der Waals surface area contributed by atoms with Crippen LogP contribution in [0.2, 0.25) is 0 Å². The maximum atomic E-state index is 11.7. The summed E-state index contributed by atoms with van der Waals surface area (Å²) in [6, 6.07) is 0. The smallest absolute Gasteiger partial charge is 0.347 e. The number of hydrogen-bond acceptors (Lipinski definition) is 8. The predicted molar refractivity (Wildman–Crippen MR) is 76.0 cm³/mol. The zero-order valence-corrected chi connectivity index (χ0v) is 12.9. The standard InChI is InChI=1S/C15H18O8/c1-8-11(16)4-7-14(19)22-10(3)15(20)23-9(2)12(17)5-6-13(18)21-8/h4-11,16H,1-3H3/b6-5+,7-4+/t8?,9-,10-,11+/m0/s1. The average molecular weight is 326 g/mol. The van der Waals surface area contributed by atoms with Crippen molar-refractivity contribution < 1.29 is 38.5 Å². The molecule has 1 heterocycles. The first-order chi connectivity index (χ1) is 10.7. The van der Waals surface area contributed by atoms with Gasteiger partial charge in [0.05, 0.1) is 0 Å². The summed E-state index contributed by atoms with van der Waals surface area (Å²) in [5.41, 5.74) is 0. The molecule has 0 aromatic heterocycles. The highest BCUT2D eigenvalue weighted by atomic mass is 16.6. The van der Waals surface area contributed by atoms with E-state index in [0.717, 1.165) is 24.3 Å². The van der Waals surface area contributed by atoms with Crippen molar-refractivity contribution in [1.29, 1.82) is 0 Å². The van der Waals surface area contributed by atoms with E-state index in [2.05, 4.69) is 0 Å². The topological polar surface area (TPSA) is 116 Å². The van der Waals surface area contributed by atoms with Gasteiger partial charge >= 0.3 is 17.9 Å². The quantitative estimate of drug-likeness (QED) is 0.482. The maximum Gasteiger partial charge on any atom is 0.347 e. The molecule has 0 aliphatic carbocycles. The Labute approximate surface area is 132 Å². The number of ketones is 1. The van der Waals surface area contributed by atoms with E-state index in [4.69, 9.17) is 14.2 Å². The Bertz CT molecular complexity index is 548. The fourth-order valence-electron chi connectivity index (χ4n) is 1.50. The minimum atomic E-state index is -1.26. The van der Waals surface area contributed by atoms with Gasteiger partial charge in [-0.3, -0.25) is 4.79 Å². The van der Waals surface area contributed by atoms with Gasteiger partial charge in [-0.05, 0) is 32.9 Å². The monoisotopic (exact) mass is 326 g/mol. The molecule has 0 amide bonds. The van der Waals surface area contributed by atoms with Gasteiger partial charge in [0.1, 0.15) is 12.2 Å². The molecule has 0 radical (unpaired) electrons. The molecule has 0 spiro atoms. The van der Waals surface area contributed by atoms with Crippen LogP contribution < -0.4 is 0 Å². The van der Waals surface area contributed by atoms with E-state index in [-0.39, 0.29) is 0 Å². The van der Waals surface area contributed by atoms with Crippen molar-refractivity contribution >= 4 is 23.7 Å². The van der Waals surface area contributed by atoms with Crippen molar-refractivity contribution in [3.05, 3.63) is 24.3 Å². The van der Waals surface area contributed by atoms with Crippen LogP contribution in [0.15, 0.2) is 24.3 Å². The number of carbonyl (C=O) groups excluding carboxylic acids is 4. The molecule has 0 saturated carbocycles. The number of carbonyl (C=O) groups is 4. The lowest BCUT2D eigenvalue weighted by molar-refractivity contribution is -0.168. The van der Waals surface area contributed by atoms with Gasteiger partial charge in [-0.25, -0.2) is 14.4 Å². The summed E-state index contributed by atoms with van der Waals surface area (Å²) in [7, 11) is 0. The molecule has 1 N–H and O–H groups in total. The van der Waals surface area contributed by atoms with Crippen LogP contribution in [0.5, 0.6) is 0 Å². The first kappa shape index (κ1) is 18.6. The molecule has 126 valence electrons. The number of rotatable bonds is 0. The first-order valence-corrected chi connectivity index (χ1v) is 6.90. The molecule has 0 fully saturated rings. The van der Waals surface area contributed by atoms with E-state index in [9.17, 15) is 24.3 Å². The molecule has 23 heavy (non-hydrogen) atoms. The zero-order valence-electron chi connectivity index (χ0n) is 12.9. The molecule has 8 nitrogen and oxygen atoms in total. The molecule has 1 rings (SSSR count). The molecule has 1 aliphatic heterocycles. The Morgan fingerprint density at radius 2 is 1.43 bits per heavy atom. The third-order valence-corrected chi connectivity index (χ3v) is 2.91. The summed E-state index contributed by atoms with van der Waals surface area (Å²) in [4.78, 5) is 46.4. The Kier molecular flexibility index (Phi) is 6.65. The van der Waals surface area contributed by atoms with Crippen molar-refractivity contribution in [2.24, 2.45) is 0 Å². The number of aliphatic hydroxyl groups excluding tert-OH is 1.